The van der Waals surface area contributed by atoms with Crippen molar-refractivity contribution in [1.29, 1.82) is 0 Å². The molecule has 1 atom stereocenters. The van der Waals surface area contributed by atoms with Crippen LogP contribution in [-0.2, 0) is 17.9 Å². The van der Waals surface area contributed by atoms with Crippen LogP contribution in [-0.4, -0.2) is 57.9 Å². The fraction of sp³-hybridized carbons (Fsp3) is 0.545. The summed E-state index contributed by atoms with van der Waals surface area (Å²) in [6, 6.07) is 1.28. The summed E-state index contributed by atoms with van der Waals surface area (Å²) in [4.78, 5) is 37.0. The van der Waals surface area contributed by atoms with Crippen LogP contribution in [0.4, 0.5) is 0 Å². The molecular formula is C22H32N6O2. The van der Waals surface area contributed by atoms with E-state index in [0.29, 0.717) is 12.2 Å². The fourth-order valence-electron chi connectivity index (χ4n) is 3.83. The molecule has 1 unspecified atom stereocenters. The van der Waals surface area contributed by atoms with Gasteiger partial charge in [0.1, 0.15) is 11.9 Å². The van der Waals surface area contributed by atoms with E-state index < -0.39 is 11.5 Å². The molecule has 8 nitrogen and oxygen atoms in total. The van der Waals surface area contributed by atoms with Crippen LogP contribution in [0.1, 0.15) is 48.9 Å². The molecule has 3 heterocycles. The van der Waals surface area contributed by atoms with Crippen molar-refractivity contribution in [1.82, 2.24) is 30.1 Å². The first-order valence-corrected chi connectivity index (χ1v) is 10.3. The number of aromatic nitrogens is 3. The summed E-state index contributed by atoms with van der Waals surface area (Å²) in [5, 5.41) is 5.58. The molecule has 30 heavy (non-hydrogen) atoms. The van der Waals surface area contributed by atoms with E-state index in [1.54, 1.807) is 19.4 Å². The second kappa shape index (κ2) is 8.55. The SMILES string of the molecule is CNC(=O)C(NC(=O)c1nc(-c2cnccc2C)n2c1CN(C)CCC2)C(C)(C)C. The Morgan fingerprint density at radius 3 is 2.60 bits per heavy atom. The summed E-state index contributed by atoms with van der Waals surface area (Å²) >= 11 is 0. The number of carbonyl (C=O) groups is 2. The third-order valence-corrected chi connectivity index (χ3v) is 5.56. The molecule has 8 heteroatoms. The van der Waals surface area contributed by atoms with Gasteiger partial charge in [-0.2, -0.15) is 0 Å². The number of hydrogen-bond donors (Lipinski definition) is 2. The molecule has 0 saturated heterocycles. The average molecular weight is 413 g/mol. The van der Waals surface area contributed by atoms with Crippen molar-refractivity contribution < 1.29 is 9.59 Å². The number of carbonyl (C=O) groups excluding carboxylic acids is 2. The van der Waals surface area contributed by atoms with Gasteiger partial charge in [-0.05, 0) is 44.0 Å². The Bertz CT molecular complexity index is 944. The Morgan fingerprint density at radius 1 is 1.23 bits per heavy atom. The van der Waals surface area contributed by atoms with Crippen LogP contribution in [0, 0.1) is 12.3 Å². The lowest BCUT2D eigenvalue weighted by atomic mass is 9.86. The number of pyridine rings is 1. The minimum Gasteiger partial charge on any atom is -0.357 e. The Labute approximate surface area is 178 Å². The van der Waals surface area contributed by atoms with Crippen molar-refractivity contribution in [3.05, 3.63) is 35.4 Å². The van der Waals surface area contributed by atoms with Gasteiger partial charge < -0.3 is 20.1 Å². The maximum Gasteiger partial charge on any atom is 0.272 e. The van der Waals surface area contributed by atoms with Crippen molar-refractivity contribution in [3.63, 3.8) is 0 Å². The minimum absolute atomic E-state index is 0.221. The molecule has 0 fully saturated rings. The highest BCUT2D eigenvalue weighted by Crippen LogP contribution is 2.28. The van der Waals surface area contributed by atoms with Crippen molar-refractivity contribution in [2.75, 3.05) is 20.6 Å². The predicted molar refractivity (Wildman–Crippen MR) is 116 cm³/mol. The maximum atomic E-state index is 13.3. The second-order valence-corrected chi connectivity index (χ2v) is 9.05. The molecule has 2 N–H and O–H groups in total. The first-order valence-electron chi connectivity index (χ1n) is 10.3. The number of nitrogens with one attached hydrogen (secondary N) is 2. The molecule has 0 aromatic carbocycles. The van der Waals surface area contributed by atoms with E-state index in [1.807, 2.05) is 40.8 Å². The van der Waals surface area contributed by atoms with Crippen LogP contribution in [0.25, 0.3) is 11.4 Å². The molecule has 162 valence electrons. The smallest absolute Gasteiger partial charge is 0.272 e. The monoisotopic (exact) mass is 412 g/mol. The number of likely N-dealkylation sites (N-methyl/N-ethyl adjacent to an activating group) is 1. The Morgan fingerprint density at radius 2 is 1.97 bits per heavy atom. The maximum absolute atomic E-state index is 13.3. The number of nitrogens with zero attached hydrogens (tertiary/aromatic N) is 4. The van der Waals surface area contributed by atoms with Gasteiger partial charge in [0, 0.05) is 38.1 Å². The molecule has 0 spiro atoms. The van der Waals surface area contributed by atoms with Gasteiger partial charge in [0.05, 0.1) is 5.69 Å². The molecular weight excluding hydrogens is 380 g/mol. The van der Waals surface area contributed by atoms with Gasteiger partial charge in [0.2, 0.25) is 5.91 Å². The molecule has 0 aliphatic carbocycles. The topological polar surface area (TPSA) is 92.1 Å². The Hall–Kier alpha value is -2.74. The quantitative estimate of drug-likeness (QED) is 0.801. The van der Waals surface area contributed by atoms with Crippen LogP contribution in [0.2, 0.25) is 0 Å². The van der Waals surface area contributed by atoms with Crippen LogP contribution >= 0.6 is 0 Å². The lowest BCUT2D eigenvalue weighted by Crippen LogP contribution is -2.53. The van der Waals surface area contributed by atoms with E-state index in [2.05, 4.69) is 25.1 Å². The number of amides is 2. The molecule has 1 aliphatic heterocycles. The highest BCUT2D eigenvalue weighted by Gasteiger charge is 2.34. The van der Waals surface area contributed by atoms with Gasteiger partial charge in [-0.1, -0.05) is 20.8 Å². The van der Waals surface area contributed by atoms with Crippen molar-refractivity contribution in [3.8, 4) is 11.4 Å². The van der Waals surface area contributed by atoms with Crippen molar-refractivity contribution in [2.24, 2.45) is 5.41 Å². The zero-order valence-corrected chi connectivity index (χ0v) is 18.7. The summed E-state index contributed by atoms with van der Waals surface area (Å²) in [6.45, 7) is 10.1. The van der Waals surface area contributed by atoms with E-state index in [9.17, 15) is 9.59 Å². The predicted octanol–water partition coefficient (Wildman–Crippen LogP) is 1.98. The Kier molecular flexibility index (Phi) is 6.26. The molecule has 0 bridgehead atoms. The fourth-order valence-corrected chi connectivity index (χ4v) is 3.83. The van der Waals surface area contributed by atoms with E-state index >= 15 is 0 Å². The molecule has 2 aromatic rings. The molecule has 0 radical (unpaired) electrons. The summed E-state index contributed by atoms with van der Waals surface area (Å²) in [7, 11) is 3.62. The van der Waals surface area contributed by atoms with Crippen LogP contribution in [0.3, 0.4) is 0 Å². The summed E-state index contributed by atoms with van der Waals surface area (Å²) in [6.07, 6.45) is 4.52. The summed E-state index contributed by atoms with van der Waals surface area (Å²) in [5.41, 5.74) is 2.78. The molecule has 1 aliphatic rings. The summed E-state index contributed by atoms with van der Waals surface area (Å²) < 4.78 is 2.13. The minimum atomic E-state index is -0.667. The number of imidazole rings is 1. The van der Waals surface area contributed by atoms with E-state index in [0.717, 1.165) is 42.2 Å². The van der Waals surface area contributed by atoms with Crippen LogP contribution in [0.5, 0.6) is 0 Å². The van der Waals surface area contributed by atoms with Crippen molar-refractivity contribution in [2.45, 2.75) is 53.2 Å². The zero-order chi connectivity index (χ0) is 22.1. The number of rotatable bonds is 4. The van der Waals surface area contributed by atoms with Gasteiger partial charge in [0.25, 0.3) is 5.91 Å². The zero-order valence-electron chi connectivity index (χ0n) is 18.7. The highest BCUT2D eigenvalue weighted by atomic mass is 16.2. The average Bonchev–Trinajstić information content (AvgIpc) is 2.91. The van der Waals surface area contributed by atoms with Crippen LogP contribution in [0.15, 0.2) is 18.5 Å². The third kappa shape index (κ3) is 4.38. The molecule has 2 amide bonds. The first kappa shape index (κ1) is 22.0. The van der Waals surface area contributed by atoms with Gasteiger partial charge in [-0.25, -0.2) is 4.98 Å². The standard InChI is InChI=1S/C22H32N6O2/c1-14-8-9-24-12-15(14)19-25-17(16-13-27(6)10-7-11-28(16)19)20(29)26-18(21(30)23-5)22(2,3)4/h8-9,12,18H,7,10-11,13H2,1-6H3,(H,23,30)(H,26,29). The second-order valence-electron chi connectivity index (χ2n) is 9.05. The normalized spacial score (nSPS) is 15.8. The van der Waals surface area contributed by atoms with E-state index in [-0.39, 0.29) is 11.8 Å². The lowest BCUT2D eigenvalue weighted by Gasteiger charge is -2.29. The van der Waals surface area contributed by atoms with Crippen LogP contribution < -0.4 is 10.6 Å². The van der Waals surface area contributed by atoms with Gasteiger partial charge >= 0.3 is 0 Å². The van der Waals surface area contributed by atoms with E-state index in [4.69, 9.17) is 4.98 Å². The third-order valence-electron chi connectivity index (χ3n) is 5.56. The van der Waals surface area contributed by atoms with Gasteiger partial charge in [-0.3, -0.25) is 14.6 Å². The molecule has 0 saturated carbocycles. The number of hydrogen-bond acceptors (Lipinski definition) is 5. The summed E-state index contributed by atoms with van der Waals surface area (Å²) in [5.74, 6) is 0.204. The molecule has 3 rings (SSSR count). The van der Waals surface area contributed by atoms with E-state index in [1.165, 1.54) is 0 Å². The molecule has 2 aromatic heterocycles. The van der Waals surface area contributed by atoms with Gasteiger partial charge in [-0.15, -0.1) is 0 Å². The number of aryl methyl sites for hydroxylation is 1. The number of fused-ring (bicyclic) bond motifs is 1. The largest absolute Gasteiger partial charge is 0.357 e. The van der Waals surface area contributed by atoms with Crippen molar-refractivity contribution >= 4 is 11.8 Å². The Balaban J connectivity index is 2.07. The first-order chi connectivity index (χ1) is 14.1. The lowest BCUT2D eigenvalue weighted by molar-refractivity contribution is -0.124. The highest BCUT2D eigenvalue weighted by molar-refractivity contribution is 5.98. The van der Waals surface area contributed by atoms with Gasteiger partial charge in [0.15, 0.2) is 5.69 Å².